The number of amides is 1. The van der Waals surface area contributed by atoms with Gasteiger partial charge in [-0.15, -0.1) is 0 Å². The van der Waals surface area contributed by atoms with Crippen LogP contribution < -0.4 is 10.6 Å². The number of aliphatic hydroxyl groups is 1. The highest BCUT2D eigenvalue weighted by atomic mass is 35.5. The minimum atomic E-state index is -1.62. The first kappa shape index (κ1) is 23.3. The number of hydrogen-bond acceptors (Lipinski definition) is 7. The minimum Gasteiger partial charge on any atom is -0.387 e. The van der Waals surface area contributed by atoms with Gasteiger partial charge in [0, 0.05) is 25.0 Å². The van der Waals surface area contributed by atoms with Gasteiger partial charge in [-0.25, -0.2) is 13.9 Å². The highest BCUT2D eigenvalue weighted by Gasteiger charge is 2.27. The predicted octanol–water partition coefficient (Wildman–Crippen LogP) is 2.87. The van der Waals surface area contributed by atoms with Gasteiger partial charge in [-0.05, 0) is 32.8 Å². The van der Waals surface area contributed by atoms with Gasteiger partial charge in [0.2, 0.25) is 0 Å². The predicted molar refractivity (Wildman–Crippen MR) is 122 cm³/mol. The Kier molecular flexibility index (Phi) is 6.78. The molecule has 2 atom stereocenters. The number of alkyl halides is 1. The fourth-order valence-electron chi connectivity index (χ4n) is 3.54. The highest BCUT2D eigenvalue weighted by Crippen LogP contribution is 2.28. The summed E-state index contributed by atoms with van der Waals surface area (Å²) in [6.07, 6.45) is 6.42. The van der Waals surface area contributed by atoms with Crippen molar-refractivity contribution in [3.05, 3.63) is 41.4 Å². The average Bonchev–Trinajstić information content (AvgIpc) is 3.20. The Balaban J connectivity index is 1.64. The number of halogens is 2. The molecule has 1 amide bonds. The number of anilines is 1. The van der Waals surface area contributed by atoms with Gasteiger partial charge in [-0.3, -0.25) is 9.78 Å². The standard InChI is InChI=1S/C22H26ClFN6O3/c1-22(2,32)19(24)10-27-21(31)16-8-25-17(6-18(16)29-14-4-3-5-33-12-14)15-9-28-30-11-13(23)7-26-20(15)30/h6-9,11,14,19,32H,3-5,10,12H2,1-2H3,(H,25,29)(H,27,31)/t14?,19-/m1/s1. The monoisotopic (exact) mass is 476 g/mol. The fourth-order valence-corrected chi connectivity index (χ4v) is 3.68. The summed E-state index contributed by atoms with van der Waals surface area (Å²) in [5, 5.41) is 20.4. The number of nitrogens with zero attached hydrogens (tertiary/aromatic N) is 4. The van der Waals surface area contributed by atoms with Crippen LogP contribution >= 0.6 is 11.6 Å². The summed E-state index contributed by atoms with van der Waals surface area (Å²) in [6, 6.07) is 1.77. The Labute approximate surface area is 195 Å². The van der Waals surface area contributed by atoms with Gasteiger partial charge in [0.05, 0.1) is 58.7 Å². The lowest BCUT2D eigenvalue weighted by Crippen LogP contribution is -2.42. The normalized spacial score (nSPS) is 17.7. The maximum Gasteiger partial charge on any atom is 0.255 e. The molecule has 9 nitrogen and oxygen atoms in total. The molecule has 1 aliphatic heterocycles. The van der Waals surface area contributed by atoms with Gasteiger partial charge in [-0.1, -0.05) is 11.6 Å². The first-order valence-electron chi connectivity index (χ1n) is 10.7. The molecule has 33 heavy (non-hydrogen) atoms. The average molecular weight is 477 g/mol. The third kappa shape index (κ3) is 5.40. The summed E-state index contributed by atoms with van der Waals surface area (Å²) >= 11 is 6.00. The molecule has 0 saturated carbocycles. The Morgan fingerprint density at radius 1 is 1.39 bits per heavy atom. The van der Waals surface area contributed by atoms with Crippen molar-refractivity contribution < 1.29 is 19.0 Å². The molecule has 3 aromatic heterocycles. The summed E-state index contributed by atoms with van der Waals surface area (Å²) in [5.74, 6) is -0.495. The van der Waals surface area contributed by atoms with Crippen LogP contribution in [0.5, 0.6) is 0 Å². The molecule has 11 heteroatoms. The minimum absolute atomic E-state index is 0.0201. The molecule has 1 aliphatic rings. The van der Waals surface area contributed by atoms with E-state index in [1.807, 2.05) is 0 Å². The molecule has 3 aromatic rings. The lowest BCUT2D eigenvalue weighted by molar-refractivity contribution is -0.00177. The number of carbonyl (C=O) groups is 1. The van der Waals surface area contributed by atoms with Crippen molar-refractivity contribution in [1.29, 1.82) is 0 Å². The van der Waals surface area contributed by atoms with Crippen LogP contribution in [-0.2, 0) is 4.74 Å². The fraction of sp³-hybridized carbons (Fsp3) is 0.455. The molecule has 176 valence electrons. The number of pyridine rings is 1. The molecule has 0 radical (unpaired) electrons. The highest BCUT2D eigenvalue weighted by molar-refractivity contribution is 6.30. The van der Waals surface area contributed by atoms with Crippen LogP contribution in [0.15, 0.2) is 30.9 Å². The number of rotatable bonds is 7. The van der Waals surface area contributed by atoms with Crippen molar-refractivity contribution >= 4 is 28.8 Å². The molecule has 1 fully saturated rings. The summed E-state index contributed by atoms with van der Waals surface area (Å²) in [5.41, 5.74) is 1.05. The zero-order valence-corrected chi connectivity index (χ0v) is 19.1. The van der Waals surface area contributed by atoms with Crippen LogP contribution in [0.25, 0.3) is 16.9 Å². The topological polar surface area (TPSA) is 114 Å². The zero-order chi connectivity index (χ0) is 23.6. The molecular weight excluding hydrogens is 451 g/mol. The smallest absolute Gasteiger partial charge is 0.255 e. The van der Waals surface area contributed by atoms with Gasteiger partial charge >= 0.3 is 0 Å². The molecule has 0 spiro atoms. The second-order valence-electron chi connectivity index (χ2n) is 8.60. The van der Waals surface area contributed by atoms with Crippen molar-refractivity contribution in [2.75, 3.05) is 25.1 Å². The van der Waals surface area contributed by atoms with Gasteiger partial charge in [-0.2, -0.15) is 5.10 Å². The number of carbonyl (C=O) groups excluding carboxylic acids is 1. The lowest BCUT2D eigenvalue weighted by atomic mass is 10.0. The molecule has 3 N–H and O–H groups in total. The van der Waals surface area contributed by atoms with Crippen molar-refractivity contribution in [2.24, 2.45) is 0 Å². The Bertz CT molecular complexity index is 1140. The molecule has 4 rings (SSSR count). The summed E-state index contributed by atoms with van der Waals surface area (Å²) in [4.78, 5) is 21.7. The van der Waals surface area contributed by atoms with E-state index in [-0.39, 0.29) is 18.2 Å². The largest absolute Gasteiger partial charge is 0.387 e. The van der Waals surface area contributed by atoms with Gasteiger partial charge in [0.1, 0.15) is 6.17 Å². The molecular formula is C22H26ClFN6O3. The van der Waals surface area contributed by atoms with Crippen molar-refractivity contribution in [3.8, 4) is 11.3 Å². The van der Waals surface area contributed by atoms with Gasteiger partial charge in [0.15, 0.2) is 5.65 Å². The molecule has 0 aromatic carbocycles. The van der Waals surface area contributed by atoms with E-state index in [9.17, 15) is 14.3 Å². The molecule has 1 saturated heterocycles. The van der Waals surface area contributed by atoms with Crippen LogP contribution in [-0.4, -0.2) is 68.2 Å². The summed E-state index contributed by atoms with van der Waals surface area (Å²) in [6.45, 7) is 3.61. The van der Waals surface area contributed by atoms with Crippen LogP contribution in [0.3, 0.4) is 0 Å². The maximum absolute atomic E-state index is 14.1. The van der Waals surface area contributed by atoms with E-state index in [1.54, 1.807) is 23.0 Å². The van der Waals surface area contributed by atoms with E-state index in [2.05, 4.69) is 25.7 Å². The van der Waals surface area contributed by atoms with Crippen LogP contribution in [0, 0.1) is 0 Å². The Morgan fingerprint density at radius 3 is 2.94 bits per heavy atom. The lowest BCUT2D eigenvalue weighted by Gasteiger charge is -2.26. The van der Waals surface area contributed by atoms with Gasteiger partial charge in [0.25, 0.3) is 5.91 Å². The van der Waals surface area contributed by atoms with E-state index in [1.165, 1.54) is 26.2 Å². The van der Waals surface area contributed by atoms with E-state index < -0.39 is 17.7 Å². The zero-order valence-electron chi connectivity index (χ0n) is 18.4. The Morgan fingerprint density at radius 2 is 2.21 bits per heavy atom. The Hall–Kier alpha value is -2.82. The number of nitrogens with one attached hydrogen (secondary N) is 2. The number of aromatic nitrogens is 4. The molecule has 1 unspecified atom stereocenters. The van der Waals surface area contributed by atoms with Crippen LogP contribution in [0.4, 0.5) is 10.1 Å². The van der Waals surface area contributed by atoms with Crippen LogP contribution in [0.2, 0.25) is 5.02 Å². The van der Waals surface area contributed by atoms with Crippen molar-refractivity contribution in [1.82, 2.24) is 24.9 Å². The second kappa shape index (κ2) is 9.58. The molecule has 0 bridgehead atoms. The number of hydrogen-bond donors (Lipinski definition) is 3. The van der Waals surface area contributed by atoms with Crippen molar-refractivity contribution in [2.45, 2.75) is 44.5 Å². The molecule has 0 aliphatic carbocycles. The quantitative estimate of drug-likeness (QED) is 0.480. The number of fused-ring (bicyclic) bond motifs is 1. The number of ether oxygens (including phenoxy) is 1. The first-order valence-corrected chi connectivity index (χ1v) is 11.1. The first-order chi connectivity index (χ1) is 15.7. The SMILES string of the molecule is CC(C)(O)[C@H](F)CNC(=O)c1cnc(-c2cnn3cc(Cl)cnc23)cc1NC1CCCOC1. The van der Waals surface area contributed by atoms with Crippen LogP contribution in [0.1, 0.15) is 37.0 Å². The third-order valence-electron chi connectivity index (χ3n) is 5.48. The maximum atomic E-state index is 14.1. The van der Waals surface area contributed by atoms with Crippen molar-refractivity contribution in [3.63, 3.8) is 0 Å². The van der Waals surface area contributed by atoms with E-state index in [0.29, 0.717) is 40.8 Å². The van der Waals surface area contributed by atoms with E-state index in [4.69, 9.17) is 16.3 Å². The third-order valence-corrected chi connectivity index (χ3v) is 5.67. The van der Waals surface area contributed by atoms with E-state index >= 15 is 0 Å². The second-order valence-corrected chi connectivity index (χ2v) is 9.04. The summed E-state index contributed by atoms with van der Waals surface area (Å²) < 4.78 is 21.3. The van der Waals surface area contributed by atoms with Gasteiger partial charge < -0.3 is 20.5 Å². The molecule has 4 heterocycles. The van der Waals surface area contributed by atoms with E-state index in [0.717, 1.165) is 12.8 Å². The summed E-state index contributed by atoms with van der Waals surface area (Å²) in [7, 11) is 0.